The molecule has 0 aliphatic heterocycles. The Morgan fingerprint density at radius 1 is 1.47 bits per heavy atom. The summed E-state index contributed by atoms with van der Waals surface area (Å²) in [6.07, 6.45) is 2.51. The number of nitrogens with one attached hydrogen (secondary N) is 1. The monoisotopic (exact) mass is 282 g/mol. The molecule has 1 aromatic rings. The van der Waals surface area contributed by atoms with E-state index in [9.17, 15) is 13.2 Å². The number of hydrogen-bond donors (Lipinski definition) is 2. The van der Waals surface area contributed by atoms with Crippen LogP contribution in [0.15, 0.2) is 18.3 Å². The van der Waals surface area contributed by atoms with E-state index >= 15 is 0 Å². The highest BCUT2D eigenvalue weighted by atomic mass is 32.2. The Labute approximate surface area is 111 Å². The van der Waals surface area contributed by atoms with Crippen LogP contribution in [0.2, 0.25) is 0 Å². The van der Waals surface area contributed by atoms with E-state index in [1.165, 1.54) is 12.3 Å². The summed E-state index contributed by atoms with van der Waals surface area (Å²) in [7, 11) is -3.10. The number of sulfone groups is 1. The number of aliphatic hydroxyl groups is 1. The Morgan fingerprint density at radius 2 is 2.21 bits per heavy atom. The molecule has 0 spiro atoms. The number of hydrogen-bond acceptors (Lipinski definition) is 5. The molecular formula is C12H14N2O4S. The molecule has 0 aliphatic carbocycles. The lowest BCUT2D eigenvalue weighted by Gasteiger charge is -2.03. The lowest BCUT2D eigenvalue weighted by molar-refractivity contribution is 0.0951. The second-order valence-electron chi connectivity index (χ2n) is 3.78. The van der Waals surface area contributed by atoms with E-state index in [-0.39, 0.29) is 24.6 Å². The van der Waals surface area contributed by atoms with Gasteiger partial charge in [0.05, 0.1) is 5.75 Å². The first-order valence-corrected chi connectivity index (χ1v) is 7.50. The molecule has 0 fully saturated rings. The van der Waals surface area contributed by atoms with E-state index in [1.807, 2.05) is 0 Å². The predicted molar refractivity (Wildman–Crippen MR) is 70.2 cm³/mol. The van der Waals surface area contributed by atoms with Crippen molar-refractivity contribution in [2.24, 2.45) is 0 Å². The van der Waals surface area contributed by atoms with Crippen LogP contribution in [0.4, 0.5) is 0 Å². The molecule has 0 saturated heterocycles. The van der Waals surface area contributed by atoms with E-state index in [0.717, 1.165) is 6.26 Å². The minimum atomic E-state index is -3.10. The summed E-state index contributed by atoms with van der Waals surface area (Å²) >= 11 is 0. The normalized spacial score (nSPS) is 10.4. The fraction of sp³-hybridized carbons (Fsp3) is 0.333. The first-order valence-electron chi connectivity index (χ1n) is 5.44. The minimum Gasteiger partial charge on any atom is -0.384 e. The van der Waals surface area contributed by atoms with Crippen LogP contribution in [0.3, 0.4) is 0 Å². The van der Waals surface area contributed by atoms with Crippen molar-refractivity contribution in [3.05, 3.63) is 29.6 Å². The maximum Gasteiger partial charge on any atom is 0.269 e. The second kappa shape index (κ2) is 6.87. The van der Waals surface area contributed by atoms with Gasteiger partial charge in [-0.3, -0.25) is 4.79 Å². The SMILES string of the molecule is CS(=O)(=O)CCNC(=O)c1ccc(C#CCO)cn1. The van der Waals surface area contributed by atoms with Gasteiger partial charge in [0, 0.05) is 24.6 Å². The summed E-state index contributed by atoms with van der Waals surface area (Å²) in [6.45, 7) is -0.195. The summed E-state index contributed by atoms with van der Waals surface area (Å²) in [5.74, 6) is 4.56. The van der Waals surface area contributed by atoms with Crippen molar-refractivity contribution in [2.45, 2.75) is 0 Å². The van der Waals surface area contributed by atoms with E-state index in [4.69, 9.17) is 5.11 Å². The molecule has 1 aromatic heterocycles. The third-order valence-electron chi connectivity index (χ3n) is 2.07. The zero-order valence-electron chi connectivity index (χ0n) is 10.4. The summed E-state index contributed by atoms with van der Waals surface area (Å²) in [4.78, 5) is 15.5. The highest BCUT2D eigenvalue weighted by Gasteiger charge is 2.08. The Bertz CT molecular complexity index is 597. The molecule has 1 amide bonds. The number of carbonyl (C=O) groups is 1. The van der Waals surface area contributed by atoms with Crippen molar-refractivity contribution in [1.82, 2.24) is 10.3 Å². The van der Waals surface area contributed by atoms with E-state index in [2.05, 4.69) is 22.1 Å². The van der Waals surface area contributed by atoms with Crippen molar-refractivity contribution < 1.29 is 18.3 Å². The number of rotatable bonds is 4. The summed E-state index contributed by atoms with van der Waals surface area (Å²) in [6, 6.07) is 3.08. The summed E-state index contributed by atoms with van der Waals surface area (Å²) in [5, 5.41) is 11.0. The largest absolute Gasteiger partial charge is 0.384 e. The number of carbonyl (C=O) groups excluding carboxylic acids is 1. The van der Waals surface area contributed by atoms with Gasteiger partial charge in [-0.25, -0.2) is 13.4 Å². The third kappa shape index (κ3) is 5.99. The van der Waals surface area contributed by atoms with Crippen LogP contribution in [-0.2, 0) is 9.84 Å². The maximum atomic E-state index is 11.6. The van der Waals surface area contributed by atoms with Crippen LogP contribution in [0.1, 0.15) is 16.1 Å². The van der Waals surface area contributed by atoms with Gasteiger partial charge < -0.3 is 10.4 Å². The molecule has 0 unspecified atom stereocenters. The average molecular weight is 282 g/mol. The Kier molecular flexibility index (Phi) is 5.48. The summed E-state index contributed by atoms with van der Waals surface area (Å²) < 4.78 is 21.8. The minimum absolute atomic E-state index is 0.0470. The van der Waals surface area contributed by atoms with Gasteiger partial charge in [-0.15, -0.1) is 0 Å². The quantitative estimate of drug-likeness (QED) is 0.705. The van der Waals surface area contributed by atoms with Crippen molar-refractivity contribution >= 4 is 15.7 Å². The van der Waals surface area contributed by atoms with Crippen LogP contribution < -0.4 is 5.32 Å². The predicted octanol–water partition coefficient (Wildman–Crippen LogP) is -0.800. The number of amides is 1. The van der Waals surface area contributed by atoms with Crippen molar-refractivity contribution in [3.63, 3.8) is 0 Å². The summed E-state index contributed by atoms with van der Waals surface area (Å²) in [5.41, 5.74) is 0.768. The number of nitrogens with zero attached hydrogens (tertiary/aromatic N) is 1. The van der Waals surface area contributed by atoms with Gasteiger partial charge in [0.1, 0.15) is 22.1 Å². The molecule has 6 nitrogen and oxygen atoms in total. The molecule has 1 rings (SSSR count). The van der Waals surface area contributed by atoms with Crippen molar-refractivity contribution in [1.29, 1.82) is 0 Å². The fourth-order valence-electron chi connectivity index (χ4n) is 1.18. The van der Waals surface area contributed by atoms with Crippen LogP contribution in [0, 0.1) is 11.8 Å². The lowest BCUT2D eigenvalue weighted by Crippen LogP contribution is -2.29. The smallest absolute Gasteiger partial charge is 0.269 e. The molecule has 102 valence electrons. The standard InChI is InChI=1S/C12H14N2O4S/c1-19(17,18)8-6-13-12(16)11-5-4-10(9-14-11)3-2-7-15/h4-5,9,15H,6-8H2,1H3,(H,13,16). The topological polar surface area (TPSA) is 96.4 Å². The lowest BCUT2D eigenvalue weighted by atomic mass is 10.2. The van der Waals surface area contributed by atoms with Gasteiger partial charge in [-0.1, -0.05) is 11.8 Å². The molecule has 19 heavy (non-hydrogen) atoms. The molecule has 2 N–H and O–H groups in total. The third-order valence-corrected chi connectivity index (χ3v) is 3.01. The Morgan fingerprint density at radius 3 is 2.74 bits per heavy atom. The molecular weight excluding hydrogens is 268 g/mol. The molecule has 0 atom stereocenters. The van der Waals surface area contributed by atoms with Gasteiger partial charge >= 0.3 is 0 Å². The first-order chi connectivity index (χ1) is 8.92. The molecule has 1 heterocycles. The average Bonchev–Trinajstić information content (AvgIpc) is 2.35. The highest BCUT2D eigenvalue weighted by Crippen LogP contribution is 1.98. The number of aromatic nitrogens is 1. The van der Waals surface area contributed by atoms with Crippen LogP contribution in [0.5, 0.6) is 0 Å². The molecule has 0 radical (unpaired) electrons. The fourth-order valence-corrected chi connectivity index (χ4v) is 1.66. The molecule has 0 saturated carbocycles. The maximum absolute atomic E-state index is 11.6. The van der Waals surface area contributed by atoms with E-state index in [0.29, 0.717) is 5.56 Å². The van der Waals surface area contributed by atoms with Gasteiger partial charge in [-0.05, 0) is 12.1 Å². The van der Waals surface area contributed by atoms with Gasteiger partial charge in [0.2, 0.25) is 0 Å². The number of pyridine rings is 1. The highest BCUT2D eigenvalue weighted by molar-refractivity contribution is 7.90. The zero-order valence-corrected chi connectivity index (χ0v) is 11.2. The van der Waals surface area contributed by atoms with E-state index < -0.39 is 15.7 Å². The van der Waals surface area contributed by atoms with Crippen LogP contribution in [-0.4, -0.2) is 49.6 Å². The zero-order chi connectivity index (χ0) is 14.3. The van der Waals surface area contributed by atoms with Crippen molar-refractivity contribution in [2.75, 3.05) is 25.2 Å². The van der Waals surface area contributed by atoms with Crippen LogP contribution in [0.25, 0.3) is 0 Å². The Balaban J connectivity index is 2.58. The molecule has 7 heteroatoms. The van der Waals surface area contributed by atoms with Gasteiger partial charge in [-0.2, -0.15) is 0 Å². The van der Waals surface area contributed by atoms with Crippen LogP contribution >= 0.6 is 0 Å². The van der Waals surface area contributed by atoms with Crippen molar-refractivity contribution in [3.8, 4) is 11.8 Å². The van der Waals surface area contributed by atoms with E-state index in [1.54, 1.807) is 6.07 Å². The second-order valence-corrected chi connectivity index (χ2v) is 6.04. The molecule has 0 aromatic carbocycles. The Hall–Kier alpha value is -1.91. The molecule has 0 aliphatic rings. The molecule has 0 bridgehead atoms. The van der Waals surface area contributed by atoms with Gasteiger partial charge in [0.25, 0.3) is 5.91 Å². The first kappa shape index (κ1) is 15.1. The number of aliphatic hydroxyl groups excluding tert-OH is 1. The van der Waals surface area contributed by atoms with Gasteiger partial charge in [0.15, 0.2) is 0 Å².